The molecule has 20 heavy (non-hydrogen) atoms. The van der Waals surface area contributed by atoms with Crippen LogP contribution < -0.4 is 5.32 Å². The molecule has 0 aromatic carbocycles. The lowest BCUT2D eigenvalue weighted by atomic mass is 9.76. The molecular formula is C17H30N2O. The molecular weight excluding hydrogens is 248 g/mol. The summed E-state index contributed by atoms with van der Waals surface area (Å²) in [4.78, 5) is 14.0. The summed E-state index contributed by atoms with van der Waals surface area (Å²) in [5.41, 5.74) is 1.76. The maximum absolute atomic E-state index is 10.1. The quantitative estimate of drug-likeness (QED) is 0.827. The summed E-state index contributed by atoms with van der Waals surface area (Å²) < 4.78 is 0. The number of amides is 1. The number of carbonyl (C=O) groups excluding carboxylic acids is 1. The Morgan fingerprint density at radius 3 is 2.05 bits per heavy atom. The molecule has 1 aliphatic rings. The van der Waals surface area contributed by atoms with E-state index in [2.05, 4.69) is 24.1 Å². The molecule has 0 saturated heterocycles. The Morgan fingerprint density at radius 1 is 1.20 bits per heavy atom. The lowest BCUT2D eigenvalue weighted by Gasteiger charge is -2.33. The summed E-state index contributed by atoms with van der Waals surface area (Å²) >= 11 is 0. The zero-order chi connectivity index (χ0) is 15.4. The van der Waals surface area contributed by atoms with E-state index in [9.17, 15) is 4.79 Å². The Labute approximate surface area is 124 Å². The van der Waals surface area contributed by atoms with Gasteiger partial charge >= 0.3 is 0 Å². The van der Waals surface area contributed by atoms with Gasteiger partial charge in [-0.05, 0) is 55.7 Å². The highest BCUT2D eigenvalue weighted by atomic mass is 16.1. The predicted octanol–water partition coefficient (Wildman–Crippen LogP) is 4.12. The van der Waals surface area contributed by atoms with Gasteiger partial charge in [-0.15, -0.1) is 0 Å². The molecule has 1 fully saturated rings. The minimum atomic E-state index is 0.445. The van der Waals surface area contributed by atoms with E-state index in [1.165, 1.54) is 18.4 Å². The number of aromatic nitrogens is 1. The molecule has 0 aliphatic heterocycles. The molecule has 0 unspecified atom stereocenters. The van der Waals surface area contributed by atoms with Gasteiger partial charge in [-0.2, -0.15) is 0 Å². The van der Waals surface area contributed by atoms with Crippen molar-refractivity contribution in [1.29, 1.82) is 0 Å². The number of aryl methyl sites for hydroxylation is 1. The smallest absolute Gasteiger partial charge is 0.207 e. The van der Waals surface area contributed by atoms with E-state index in [-0.39, 0.29) is 0 Å². The van der Waals surface area contributed by atoms with E-state index in [1.807, 2.05) is 32.9 Å². The maximum Gasteiger partial charge on any atom is 0.207 e. The Hall–Kier alpha value is -1.38. The van der Waals surface area contributed by atoms with Crippen molar-refractivity contribution in [3.05, 3.63) is 30.1 Å². The second kappa shape index (κ2) is 10.4. The van der Waals surface area contributed by atoms with Crippen molar-refractivity contribution in [2.24, 2.45) is 5.41 Å². The average molecular weight is 278 g/mol. The third-order valence-electron chi connectivity index (χ3n) is 3.49. The molecule has 0 bridgehead atoms. The van der Waals surface area contributed by atoms with Crippen LogP contribution in [0.3, 0.4) is 0 Å². The minimum Gasteiger partial charge on any atom is -0.356 e. The van der Waals surface area contributed by atoms with Crippen LogP contribution in [0.25, 0.3) is 0 Å². The highest BCUT2D eigenvalue weighted by Crippen LogP contribution is 2.34. The van der Waals surface area contributed by atoms with Gasteiger partial charge in [-0.3, -0.25) is 9.78 Å². The highest BCUT2D eigenvalue weighted by Gasteiger charge is 2.26. The van der Waals surface area contributed by atoms with Crippen LogP contribution >= 0.6 is 0 Å². The normalized spacial score (nSPS) is 16.9. The van der Waals surface area contributed by atoms with Gasteiger partial charge in [0, 0.05) is 18.4 Å². The number of carbonyl (C=O) groups is 1. The third-order valence-corrected chi connectivity index (χ3v) is 3.49. The Kier molecular flexibility index (Phi) is 9.69. The van der Waals surface area contributed by atoms with Crippen molar-refractivity contribution in [2.45, 2.75) is 66.3 Å². The van der Waals surface area contributed by atoms with Gasteiger partial charge in [0.25, 0.3) is 0 Å². The molecule has 3 heteroatoms. The third kappa shape index (κ3) is 8.68. The summed E-state index contributed by atoms with van der Waals surface area (Å²) in [6, 6.07) is 4.39. The zero-order valence-corrected chi connectivity index (χ0v) is 13.6. The van der Waals surface area contributed by atoms with Crippen molar-refractivity contribution in [1.82, 2.24) is 10.3 Å². The van der Waals surface area contributed by atoms with E-state index in [0.717, 1.165) is 19.3 Å². The van der Waals surface area contributed by atoms with Gasteiger partial charge in [0.2, 0.25) is 6.41 Å². The molecule has 0 atom stereocenters. The number of hydrogen-bond acceptors (Lipinski definition) is 2. The zero-order valence-electron chi connectivity index (χ0n) is 13.6. The van der Waals surface area contributed by atoms with Gasteiger partial charge in [0.1, 0.15) is 0 Å². The number of nitrogens with one attached hydrogen (secondary N) is 1. The SMILES string of the molecule is CC.CC1(C)CCC(NC=O)CC1.Cc1ccncc1. The van der Waals surface area contributed by atoms with Crippen LogP contribution in [0.1, 0.15) is 58.9 Å². The first-order valence-electron chi connectivity index (χ1n) is 7.60. The van der Waals surface area contributed by atoms with Crippen molar-refractivity contribution in [3.63, 3.8) is 0 Å². The summed E-state index contributed by atoms with van der Waals surface area (Å²) in [7, 11) is 0. The van der Waals surface area contributed by atoms with Crippen LogP contribution in [0.4, 0.5) is 0 Å². The first-order valence-corrected chi connectivity index (χ1v) is 7.60. The van der Waals surface area contributed by atoms with Gasteiger partial charge in [-0.25, -0.2) is 0 Å². The number of pyridine rings is 1. The Balaban J connectivity index is 0.000000345. The van der Waals surface area contributed by atoms with E-state index in [0.29, 0.717) is 11.5 Å². The molecule has 1 N–H and O–H groups in total. The van der Waals surface area contributed by atoms with Crippen molar-refractivity contribution < 1.29 is 4.79 Å². The standard InChI is InChI=1S/C9H17NO.C6H7N.C2H6/c1-9(2)5-3-8(4-6-9)10-7-11;1-6-2-4-7-5-3-6;1-2/h7-8H,3-6H2,1-2H3,(H,10,11);2-5H,1H3;1-2H3. The van der Waals surface area contributed by atoms with Crippen LogP contribution in [0.15, 0.2) is 24.5 Å². The molecule has 3 nitrogen and oxygen atoms in total. The van der Waals surface area contributed by atoms with Gasteiger partial charge < -0.3 is 5.32 Å². The fraction of sp³-hybridized carbons (Fsp3) is 0.647. The maximum atomic E-state index is 10.1. The largest absolute Gasteiger partial charge is 0.356 e. The monoisotopic (exact) mass is 278 g/mol. The summed E-state index contributed by atoms with van der Waals surface area (Å²) in [5.74, 6) is 0. The second-order valence-corrected chi connectivity index (χ2v) is 5.75. The molecule has 1 aromatic rings. The lowest BCUT2D eigenvalue weighted by molar-refractivity contribution is -0.110. The van der Waals surface area contributed by atoms with E-state index in [4.69, 9.17) is 0 Å². The first kappa shape index (κ1) is 18.6. The molecule has 0 spiro atoms. The number of nitrogens with zero attached hydrogens (tertiary/aromatic N) is 1. The molecule has 114 valence electrons. The molecule has 1 aliphatic carbocycles. The molecule has 0 radical (unpaired) electrons. The molecule has 1 heterocycles. The van der Waals surface area contributed by atoms with Gasteiger partial charge in [0.05, 0.1) is 0 Å². The van der Waals surface area contributed by atoms with E-state index in [1.54, 1.807) is 12.4 Å². The number of hydrogen-bond donors (Lipinski definition) is 1. The highest BCUT2D eigenvalue weighted by molar-refractivity contribution is 5.46. The van der Waals surface area contributed by atoms with E-state index >= 15 is 0 Å². The fourth-order valence-corrected chi connectivity index (χ4v) is 2.09. The van der Waals surface area contributed by atoms with Crippen LogP contribution in [0.5, 0.6) is 0 Å². The number of rotatable bonds is 2. The van der Waals surface area contributed by atoms with Crippen LogP contribution in [0, 0.1) is 12.3 Å². The minimum absolute atomic E-state index is 0.445. The lowest BCUT2D eigenvalue weighted by Crippen LogP contribution is -2.34. The van der Waals surface area contributed by atoms with E-state index < -0.39 is 0 Å². The summed E-state index contributed by atoms with van der Waals surface area (Å²) in [6.45, 7) is 10.6. The van der Waals surface area contributed by atoms with Crippen LogP contribution in [-0.4, -0.2) is 17.4 Å². The summed E-state index contributed by atoms with van der Waals surface area (Å²) in [5, 5.41) is 2.84. The first-order chi connectivity index (χ1) is 9.53. The van der Waals surface area contributed by atoms with Gasteiger partial charge in [0.15, 0.2) is 0 Å². The summed E-state index contributed by atoms with van der Waals surface area (Å²) in [6.07, 6.45) is 9.15. The topological polar surface area (TPSA) is 42.0 Å². The van der Waals surface area contributed by atoms with Crippen LogP contribution in [0.2, 0.25) is 0 Å². The predicted molar refractivity (Wildman–Crippen MR) is 85.6 cm³/mol. The molecule has 1 saturated carbocycles. The average Bonchev–Trinajstić information content (AvgIpc) is 2.45. The van der Waals surface area contributed by atoms with Crippen LogP contribution in [-0.2, 0) is 4.79 Å². The Morgan fingerprint density at radius 2 is 1.70 bits per heavy atom. The molecule has 1 amide bonds. The molecule has 1 aromatic heterocycles. The van der Waals surface area contributed by atoms with Gasteiger partial charge in [-0.1, -0.05) is 27.7 Å². The van der Waals surface area contributed by atoms with Crippen molar-refractivity contribution >= 4 is 6.41 Å². The molecule has 2 rings (SSSR count). The second-order valence-electron chi connectivity index (χ2n) is 5.75. The van der Waals surface area contributed by atoms with Crippen molar-refractivity contribution in [2.75, 3.05) is 0 Å². The van der Waals surface area contributed by atoms with Crippen molar-refractivity contribution in [3.8, 4) is 0 Å². The fourth-order valence-electron chi connectivity index (χ4n) is 2.09. The Bertz CT molecular complexity index is 339.